The number of rotatable bonds is 14. The largest absolute Gasteiger partial charge is 0.354 e. The van der Waals surface area contributed by atoms with Crippen molar-refractivity contribution in [3.63, 3.8) is 0 Å². The van der Waals surface area contributed by atoms with Gasteiger partial charge in [0.05, 0.1) is 27.0 Å². The van der Waals surface area contributed by atoms with Crippen molar-refractivity contribution in [2.24, 2.45) is 0 Å². The lowest BCUT2D eigenvalue weighted by Gasteiger charge is -2.32. The summed E-state index contributed by atoms with van der Waals surface area (Å²) >= 11 is 24.8. The van der Waals surface area contributed by atoms with Gasteiger partial charge in [-0.2, -0.15) is 0 Å². The van der Waals surface area contributed by atoms with E-state index in [-0.39, 0.29) is 54.9 Å². The number of hydrogen-bond acceptors (Lipinski definition) is 4. The van der Waals surface area contributed by atoms with Crippen LogP contribution in [0.3, 0.4) is 0 Å². The lowest BCUT2D eigenvalue weighted by Crippen LogP contribution is -2.50. The summed E-state index contributed by atoms with van der Waals surface area (Å²) in [6.45, 7) is 2.49. The molecule has 226 valence electrons. The fraction of sp³-hybridized carbons (Fsp3) is 0.333. The summed E-state index contributed by atoms with van der Waals surface area (Å²) in [5.41, 5.74) is 1.81. The highest BCUT2D eigenvalue weighted by Gasteiger charge is 2.30. The Kier molecular flexibility index (Phi) is 12.8. The first-order valence-corrected chi connectivity index (χ1v) is 16.7. The highest BCUT2D eigenvalue weighted by molar-refractivity contribution is 7.92. The molecule has 3 aromatic carbocycles. The van der Waals surface area contributed by atoms with Crippen molar-refractivity contribution in [2.45, 2.75) is 45.2 Å². The summed E-state index contributed by atoms with van der Waals surface area (Å²) in [6, 6.07) is 18.2. The average molecular weight is 673 g/mol. The first-order valence-electron chi connectivity index (χ1n) is 13.4. The van der Waals surface area contributed by atoms with Crippen molar-refractivity contribution in [2.75, 3.05) is 23.7 Å². The second-order valence-electron chi connectivity index (χ2n) is 9.80. The standard InChI is InChI=1S/C30H33Cl4N3O4S/c1-3-15-35-30(39)28(18-21-8-5-4-6-9-21)36(20-22-11-13-24(32)26(34)17-22)29(38)10-7-16-37(42(2,40)41)27-19-23(31)12-14-25(27)33/h4-6,8-9,11-14,17,19,28H,3,7,10,15-16,18,20H2,1-2H3,(H,35,39)/t28-/m1/s1. The zero-order valence-corrected chi connectivity index (χ0v) is 27.2. The van der Waals surface area contributed by atoms with Crippen molar-refractivity contribution in [3.8, 4) is 0 Å². The fourth-order valence-electron chi connectivity index (χ4n) is 4.41. The zero-order chi connectivity index (χ0) is 30.9. The third kappa shape index (κ3) is 9.78. The number of carbonyl (C=O) groups excluding carboxylic acids is 2. The summed E-state index contributed by atoms with van der Waals surface area (Å²) in [7, 11) is -3.74. The molecule has 0 bridgehead atoms. The third-order valence-corrected chi connectivity index (χ3v) is 8.96. The van der Waals surface area contributed by atoms with Gasteiger partial charge in [0.15, 0.2) is 0 Å². The van der Waals surface area contributed by atoms with E-state index in [1.165, 1.54) is 17.0 Å². The number of sulfonamides is 1. The number of benzene rings is 3. The minimum absolute atomic E-state index is 0.0172. The Morgan fingerprint density at radius 1 is 0.881 bits per heavy atom. The molecular weight excluding hydrogens is 640 g/mol. The molecule has 3 aromatic rings. The lowest BCUT2D eigenvalue weighted by atomic mass is 10.0. The topological polar surface area (TPSA) is 86.8 Å². The molecule has 0 aromatic heterocycles. The molecule has 1 atom stereocenters. The highest BCUT2D eigenvalue weighted by Crippen LogP contribution is 2.31. The first kappa shape index (κ1) is 34.0. The predicted molar refractivity (Wildman–Crippen MR) is 172 cm³/mol. The van der Waals surface area contributed by atoms with Crippen LogP contribution in [0.15, 0.2) is 66.7 Å². The van der Waals surface area contributed by atoms with Crippen molar-refractivity contribution in [1.82, 2.24) is 10.2 Å². The summed E-state index contributed by atoms with van der Waals surface area (Å²) in [5, 5.41) is 4.18. The van der Waals surface area contributed by atoms with Crippen LogP contribution in [-0.4, -0.2) is 50.5 Å². The van der Waals surface area contributed by atoms with Crippen LogP contribution in [0.1, 0.15) is 37.3 Å². The molecule has 0 aliphatic heterocycles. The van der Waals surface area contributed by atoms with Gasteiger partial charge in [-0.05, 0) is 54.3 Å². The summed E-state index contributed by atoms with van der Waals surface area (Å²) in [5.74, 6) is -0.600. The molecule has 0 aliphatic carbocycles. The van der Waals surface area contributed by atoms with Crippen molar-refractivity contribution >= 4 is 73.9 Å². The first-order chi connectivity index (χ1) is 19.9. The highest BCUT2D eigenvalue weighted by atomic mass is 35.5. The molecule has 7 nitrogen and oxygen atoms in total. The van der Waals surface area contributed by atoms with Crippen LogP contribution in [-0.2, 0) is 32.6 Å². The Morgan fingerprint density at radius 3 is 2.21 bits per heavy atom. The Balaban J connectivity index is 1.91. The normalized spacial score (nSPS) is 12.0. The van der Waals surface area contributed by atoms with E-state index in [9.17, 15) is 18.0 Å². The van der Waals surface area contributed by atoms with Crippen LogP contribution in [0.2, 0.25) is 20.1 Å². The van der Waals surface area contributed by atoms with Gasteiger partial charge in [-0.1, -0.05) is 89.7 Å². The van der Waals surface area contributed by atoms with Gasteiger partial charge in [-0.25, -0.2) is 8.42 Å². The molecule has 0 saturated carbocycles. The van der Waals surface area contributed by atoms with E-state index in [0.29, 0.717) is 27.2 Å². The maximum atomic E-state index is 13.9. The van der Waals surface area contributed by atoms with Crippen LogP contribution in [0.25, 0.3) is 0 Å². The van der Waals surface area contributed by atoms with Gasteiger partial charge in [-0.3, -0.25) is 13.9 Å². The molecule has 42 heavy (non-hydrogen) atoms. The monoisotopic (exact) mass is 671 g/mol. The minimum atomic E-state index is -3.74. The molecule has 0 spiro atoms. The second-order valence-corrected chi connectivity index (χ2v) is 13.4. The number of nitrogens with zero attached hydrogens (tertiary/aromatic N) is 2. The molecule has 0 radical (unpaired) electrons. The summed E-state index contributed by atoms with van der Waals surface area (Å²) in [4.78, 5) is 28.9. The minimum Gasteiger partial charge on any atom is -0.354 e. The van der Waals surface area contributed by atoms with Gasteiger partial charge >= 0.3 is 0 Å². The van der Waals surface area contributed by atoms with E-state index >= 15 is 0 Å². The summed E-state index contributed by atoms with van der Waals surface area (Å²) in [6.07, 6.45) is 2.23. The average Bonchev–Trinajstić information content (AvgIpc) is 2.94. The number of carbonyl (C=O) groups is 2. The van der Waals surface area contributed by atoms with Crippen LogP contribution < -0.4 is 9.62 Å². The maximum Gasteiger partial charge on any atom is 0.243 e. The van der Waals surface area contributed by atoms with E-state index in [2.05, 4.69) is 5.32 Å². The molecule has 0 fully saturated rings. The van der Waals surface area contributed by atoms with Gasteiger partial charge in [0.25, 0.3) is 0 Å². The van der Waals surface area contributed by atoms with Gasteiger partial charge < -0.3 is 10.2 Å². The Bertz CT molecular complexity index is 1490. The molecular formula is C30H33Cl4N3O4S. The van der Waals surface area contributed by atoms with Crippen LogP contribution in [0.4, 0.5) is 5.69 Å². The van der Waals surface area contributed by atoms with E-state index < -0.39 is 16.1 Å². The molecule has 1 N–H and O–H groups in total. The van der Waals surface area contributed by atoms with E-state index in [4.69, 9.17) is 46.4 Å². The molecule has 0 saturated heterocycles. The molecule has 2 amide bonds. The lowest BCUT2D eigenvalue weighted by molar-refractivity contribution is -0.141. The van der Waals surface area contributed by atoms with Crippen LogP contribution in [0, 0.1) is 0 Å². The maximum absolute atomic E-state index is 13.9. The Labute approximate surface area is 267 Å². The molecule has 0 heterocycles. The third-order valence-electron chi connectivity index (χ3n) is 6.49. The SMILES string of the molecule is CCCNC(=O)[C@@H](Cc1ccccc1)N(Cc1ccc(Cl)c(Cl)c1)C(=O)CCCN(c1cc(Cl)ccc1Cl)S(C)(=O)=O. The van der Waals surface area contributed by atoms with Crippen LogP contribution >= 0.6 is 46.4 Å². The van der Waals surface area contributed by atoms with Crippen LogP contribution in [0.5, 0.6) is 0 Å². The van der Waals surface area contributed by atoms with Gasteiger partial charge in [0.2, 0.25) is 21.8 Å². The quantitative estimate of drug-likeness (QED) is 0.200. The zero-order valence-electron chi connectivity index (χ0n) is 23.3. The predicted octanol–water partition coefficient (Wildman–Crippen LogP) is 7.01. The molecule has 12 heteroatoms. The molecule has 0 aliphatic rings. The summed E-state index contributed by atoms with van der Waals surface area (Å²) < 4.78 is 26.5. The smallest absolute Gasteiger partial charge is 0.243 e. The fourth-order valence-corrected chi connectivity index (χ4v) is 6.14. The van der Waals surface area contributed by atoms with Gasteiger partial charge in [0, 0.05) is 37.5 Å². The number of halogens is 4. The van der Waals surface area contributed by atoms with Crippen molar-refractivity contribution in [1.29, 1.82) is 0 Å². The van der Waals surface area contributed by atoms with Gasteiger partial charge in [0.1, 0.15) is 6.04 Å². The van der Waals surface area contributed by atoms with Gasteiger partial charge in [-0.15, -0.1) is 0 Å². The van der Waals surface area contributed by atoms with E-state index in [1.54, 1.807) is 24.3 Å². The second kappa shape index (κ2) is 15.8. The van der Waals surface area contributed by atoms with Crippen molar-refractivity contribution in [3.05, 3.63) is 97.9 Å². The number of anilines is 1. The number of amides is 2. The molecule has 0 unspecified atom stereocenters. The van der Waals surface area contributed by atoms with E-state index in [0.717, 1.165) is 22.5 Å². The van der Waals surface area contributed by atoms with Crippen molar-refractivity contribution < 1.29 is 18.0 Å². The van der Waals surface area contributed by atoms with E-state index in [1.807, 2.05) is 37.3 Å². The number of nitrogens with one attached hydrogen (secondary N) is 1. The molecule has 3 rings (SSSR count). The Morgan fingerprint density at radius 2 is 1.57 bits per heavy atom. The number of hydrogen-bond donors (Lipinski definition) is 1. The Hall–Kier alpha value is -2.49.